The first kappa shape index (κ1) is 31.0. The summed E-state index contributed by atoms with van der Waals surface area (Å²) in [6, 6.07) is 28.7. The zero-order chi connectivity index (χ0) is 31.4. The highest BCUT2D eigenvalue weighted by Gasteiger charge is 2.47. The predicted octanol–water partition coefficient (Wildman–Crippen LogP) is 3.43. The molecular formula is C37H44N4O4. The third-order valence-corrected chi connectivity index (χ3v) is 9.99. The molecule has 0 aliphatic carbocycles. The highest BCUT2D eigenvalue weighted by Crippen LogP contribution is 2.43. The molecule has 3 aromatic rings. The Bertz CT molecular complexity index is 1370. The van der Waals surface area contributed by atoms with Crippen LogP contribution in [0.1, 0.15) is 48.8 Å². The van der Waals surface area contributed by atoms with Crippen molar-refractivity contribution in [1.29, 1.82) is 0 Å². The van der Waals surface area contributed by atoms with E-state index in [-0.39, 0.29) is 37.1 Å². The molecule has 3 amide bonds. The number of carbonyl (C=O) groups is 3. The van der Waals surface area contributed by atoms with Crippen molar-refractivity contribution in [2.45, 2.75) is 55.7 Å². The molecule has 8 nitrogen and oxygen atoms in total. The standard InChI is InChI=1S/C37H44N4O4/c1-39-21-19-27(25-39)24-38-35(44)32-18-11-20-40(32)36(45)33-22-31(42)26-41(33)34(43)23-37(28-12-5-2-6-13-28,29-14-7-3-8-15-29)30-16-9-4-10-17-30/h2-10,12-17,27,31-33,42H,11,18-26H2,1H3,(H,38,44)/t27?,31-,32-,33+/m1/s1. The number of β-amino-alcohol motifs (C(OH)–C–C–N with tert-alkyl or cyclic N) is 1. The molecule has 8 heteroatoms. The van der Waals surface area contributed by atoms with Gasteiger partial charge in [-0.2, -0.15) is 0 Å². The number of aliphatic hydroxyl groups is 1. The molecule has 3 saturated heterocycles. The normalized spacial score (nSPS) is 23.8. The number of hydrogen-bond donors (Lipinski definition) is 2. The Labute approximate surface area is 266 Å². The monoisotopic (exact) mass is 608 g/mol. The van der Waals surface area contributed by atoms with E-state index in [1.807, 2.05) is 91.0 Å². The summed E-state index contributed by atoms with van der Waals surface area (Å²) in [6.07, 6.45) is 1.83. The van der Waals surface area contributed by atoms with Crippen molar-refractivity contribution >= 4 is 17.7 Å². The van der Waals surface area contributed by atoms with E-state index >= 15 is 0 Å². The van der Waals surface area contributed by atoms with Crippen LogP contribution in [0.15, 0.2) is 91.0 Å². The van der Waals surface area contributed by atoms with E-state index in [0.717, 1.165) is 42.6 Å². The summed E-state index contributed by atoms with van der Waals surface area (Å²) >= 11 is 0. The molecule has 1 unspecified atom stereocenters. The second-order valence-corrected chi connectivity index (χ2v) is 13.0. The van der Waals surface area contributed by atoms with Crippen LogP contribution < -0.4 is 5.32 Å². The summed E-state index contributed by atoms with van der Waals surface area (Å²) in [6.45, 7) is 3.15. The van der Waals surface area contributed by atoms with Crippen LogP contribution in [0, 0.1) is 5.92 Å². The average molecular weight is 609 g/mol. The number of rotatable bonds is 9. The molecule has 0 radical (unpaired) electrons. The molecule has 3 aliphatic heterocycles. The van der Waals surface area contributed by atoms with Crippen LogP contribution in [0.5, 0.6) is 0 Å². The Morgan fingerprint density at radius 2 is 1.36 bits per heavy atom. The molecule has 3 aliphatic rings. The van der Waals surface area contributed by atoms with E-state index in [0.29, 0.717) is 25.4 Å². The van der Waals surface area contributed by atoms with Crippen LogP contribution >= 0.6 is 0 Å². The summed E-state index contributed by atoms with van der Waals surface area (Å²) in [4.78, 5) is 47.4. The van der Waals surface area contributed by atoms with Gasteiger partial charge >= 0.3 is 0 Å². The second-order valence-electron chi connectivity index (χ2n) is 13.0. The summed E-state index contributed by atoms with van der Waals surface area (Å²) in [5, 5.41) is 13.9. The van der Waals surface area contributed by atoms with Gasteiger partial charge in [0.05, 0.1) is 11.5 Å². The lowest BCUT2D eigenvalue weighted by Gasteiger charge is -2.38. The molecule has 236 valence electrons. The number of nitrogens with one attached hydrogen (secondary N) is 1. The van der Waals surface area contributed by atoms with Crippen molar-refractivity contribution in [3.05, 3.63) is 108 Å². The largest absolute Gasteiger partial charge is 0.391 e. The summed E-state index contributed by atoms with van der Waals surface area (Å²) in [5.41, 5.74) is 2.11. The van der Waals surface area contributed by atoms with Gasteiger partial charge in [0.15, 0.2) is 0 Å². The number of hydrogen-bond acceptors (Lipinski definition) is 5. The van der Waals surface area contributed by atoms with Crippen LogP contribution in [0.2, 0.25) is 0 Å². The third kappa shape index (κ3) is 6.40. The molecule has 2 N–H and O–H groups in total. The molecule has 3 fully saturated rings. The molecular weight excluding hydrogens is 564 g/mol. The van der Waals surface area contributed by atoms with E-state index < -0.39 is 23.6 Å². The SMILES string of the molecule is CN1CCC(CNC(=O)[C@H]2CCCN2C(=O)[C@@H]2C[C@@H](O)CN2C(=O)CC(c2ccccc2)(c2ccccc2)c2ccccc2)C1. The number of benzene rings is 3. The average Bonchev–Trinajstić information content (AvgIpc) is 3.83. The minimum atomic E-state index is -0.815. The lowest BCUT2D eigenvalue weighted by Crippen LogP contribution is -2.53. The zero-order valence-corrected chi connectivity index (χ0v) is 26.1. The van der Waals surface area contributed by atoms with Gasteiger partial charge in [0.2, 0.25) is 17.7 Å². The summed E-state index contributed by atoms with van der Waals surface area (Å²) in [7, 11) is 2.09. The van der Waals surface area contributed by atoms with Crippen molar-refractivity contribution in [1.82, 2.24) is 20.0 Å². The maximum Gasteiger partial charge on any atom is 0.246 e. The van der Waals surface area contributed by atoms with E-state index in [1.165, 1.54) is 0 Å². The van der Waals surface area contributed by atoms with Crippen LogP contribution in [-0.4, -0.2) is 95.5 Å². The number of likely N-dealkylation sites (tertiary alicyclic amines) is 3. The lowest BCUT2D eigenvalue weighted by atomic mass is 9.67. The molecule has 0 aromatic heterocycles. The van der Waals surface area contributed by atoms with Gasteiger partial charge in [0.1, 0.15) is 12.1 Å². The van der Waals surface area contributed by atoms with Gasteiger partial charge in [0, 0.05) is 39.0 Å². The number of amides is 3. The number of nitrogens with zero attached hydrogens (tertiary/aromatic N) is 3. The minimum Gasteiger partial charge on any atom is -0.391 e. The number of carbonyl (C=O) groups excluding carboxylic acids is 3. The molecule has 0 spiro atoms. The first-order valence-corrected chi connectivity index (χ1v) is 16.3. The Hall–Kier alpha value is -4.01. The van der Waals surface area contributed by atoms with Crippen LogP contribution in [0.4, 0.5) is 0 Å². The fourth-order valence-corrected chi connectivity index (χ4v) is 7.68. The fraction of sp³-hybridized carbons (Fsp3) is 0.432. The molecule has 45 heavy (non-hydrogen) atoms. The quantitative estimate of drug-likeness (QED) is 0.363. The highest BCUT2D eigenvalue weighted by molar-refractivity contribution is 5.93. The molecule has 3 heterocycles. The second kappa shape index (κ2) is 13.5. The summed E-state index contributed by atoms with van der Waals surface area (Å²) < 4.78 is 0. The minimum absolute atomic E-state index is 0.0846. The van der Waals surface area contributed by atoms with Crippen molar-refractivity contribution in [2.24, 2.45) is 5.92 Å². The van der Waals surface area contributed by atoms with Crippen LogP contribution in [-0.2, 0) is 19.8 Å². The first-order valence-electron chi connectivity index (χ1n) is 16.3. The molecule has 0 bridgehead atoms. The van der Waals surface area contributed by atoms with E-state index in [9.17, 15) is 19.5 Å². The third-order valence-electron chi connectivity index (χ3n) is 9.99. The van der Waals surface area contributed by atoms with Gasteiger partial charge in [-0.05, 0) is 55.5 Å². The fourth-order valence-electron chi connectivity index (χ4n) is 7.68. The van der Waals surface area contributed by atoms with Crippen LogP contribution in [0.25, 0.3) is 0 Å². The Balaban J connectivity index is 1.26. The molecule has 3 aromatic carbocycles. The van der Waals surface area contributed by atoms with E-state index in [4.69, 9.17) is 0 Å². The van der Waals surface area contributed by atoms with Gasteiger partial charge in [0.25, 0.3) is 0 Å². The van der Waals surface area contributed by atoms with E-state index in [1.54, 1.807) is 9.80 Å². The van der Waals surface area contributed by atoms with Gasteiger partial charge in [-0.3, -0.25) is 14.4 Å². The van der Waals surface area contributed by atoms with Crippen molar-refractivity contribution in [2.75, 3.05) is 39.8 Å². The van der Waals surface area contributed by atoms with Crippen LogP contribution in [0.3, 0.4) is 0 Å². The van der Waals surface area contributed by atoms with E-state index in [2.05, 4.69) is 17.3 Å². The Morgan fingerprint density at radius 1 is 0.778 bits per heavy atom. The van der Waals surface area contributed by atoms with Gasteiger partial charge in [-0.25, -0.2) is 0 Å². The van der Waals surface area contributed by atoms with Crippen molar-refractivity contribution < 1.29 is 19.5 Å². The smallest absolute Gasteiger partial charge is 0.246 e. The maximum atomic E-state index is 14.5. The maximum absolute atomic E-state index is 14.5. The molecule has 0 saturated carbocycles. The zero-order valence-electron chi connectivity index (χ0n) is 26.1. The lowest BCUT2D eigenvalue weighted by molar-refractivity contribution is -0.146. The first-order chi connectivity index (χ1) is 21.9. The Kier molecular flexibility index (Phi) is 9.33. The van der Waals surface area contributed by atoms with Gasteiger partial charge in [-0.1, -0.05) is 91.0 Å². The Morgan fingerprint density at radius 3 is 1.89 bits per heavy atom. The molecule has 4 atom stereocenters. The highest BCUT2D eigenvalue weighted by atomic mass is 16.3. The molecule has 6 rings (SSSR count). The number of aliphatic hydroxyl groups excluding tert-OH is 1. The van der Waals surface area contributed by atoms with Gasteiger partial charge < -0.3 is 25.1 Å². The predicted molar refractivity (Wildman–Crippen MR) is 173 cm³/mol. The van der Waals surface area contributed by atoms with Crippen molar-refractivity contribution in [3.63, 3.8) is 0 Å². The summed E-state index contributed by atoms with van der Waals surface area (Å²) in [5.74, 6) is -0.153. The van der Waals surface area contributed by atoms with Gasteiger partial charge in [-0.15, -0.1) is 0 Å². The van der Waals surface area contributed by atoms with Crippen molar-refractivity contribution in [3.8, 4) is 0 Å². The topological polar surface area (TPSA) is 93.2 Å².